The van der Waals surface area contributed by atoms with Gasteiger partial charge in [0.25, 0.3) is 0 Å². The van der Waals surface area contributed by atoms with Gasteiger partial charge in [0.2, 0.25) is 0 Å². The average molecular weight is 380 g/mol. The van der Waals surface area contributed by atoms with E-state index in [2.05, 4.69) is 0 Å². The second kappa shape index (κ2) is 5.33. The van der Waals surface area contributed by atoms with Crippen LogP contribution in [0.2, 0.25) is 0 Å². The van der Waals surface area contributed by atoms with Crippen molar-refractivity contribution in [3.05, 3.63) is 19.5 Å². The Balaban J connectivity index is -0.000000125. The quantitative estimate of drug-likeness (QED) is 0.504. The molecule has 0 radical (unpaired) electrons. The summed E-state index contributed by atoms with van der Waals surface area (Å²) >= 11 is 0. The maximum atomic E-state index is 10.5. The van der Waals surface area contributed by atoms with Gasteiger partial charge in [-0.1, -0.05) is 0 Å². The molecule has 0 fully saturated rings. The third kappa shape index (κ3) is 8.84. The molecular formula is C3H4F3ORf-. The molecule has 0 aliphatic carbocycles. The monoisotopic (exact) mass is 380 g/mol. The van der Waals surface area contributed by atoms with Gasteiger partial charge in [0.05, 0.1) is 0 Å². The van der Waals surface area contributed by atoms with Gasteiger partial charge in [0.15, 0.2) is 0 Å². The first-order chi connectivity index (χ1) is 2.64. The molecule has 0 rings (SSSR count). The van der Waals surface area contributed by atoms with Crippen LogP contribution >= 0.6 is 0 Å². The van der Waals surface area contributed by atoms with Gasteiger partial charge < -0.3 is 12.5 Å². The van der Waals surface area contributed by atoms with Crippen molar-refractivity contribution in [2.75, 3.05) is 0 Å². The van der Waals surface area contributed by atoms with Gasteiger partial charge in [-0.3, -0.25) is 0 Å². The van der Waals surface area contributed by atoms with Crippen molar-refractivity contribution in [1.82, 2.24) is 0 Å². The predicted molar refractivity (Wildman–Crippen MR) is 19.4 cm³/mol. The summed E-state index contributed by atoms with van der Waals surface area (Å²) in [6, 6.07) is -2.41. The molecule has 0 unspecified atom stereocenters. The summed E-state index contributed by atoms with van der Waals surface area (Å²) in [6.07, 6.45) is -2.69. The van der Waals surface area contributed by atoms with E-state index in [1.54, 1.807) is 0 Å². The Labute approximate surface area is 39.1 Å². The van der Waals surface area contributed by atoms with Gasteiger partial charge in [0.1, 0.15) is 0 Å². The summed E-state index contributed by atoms with van der Waals surface area (Å²) in [5, 5.41) is 7.09. The summed E-state index contributed by atoms with van der Waals surface area (Å²) in [4.78, 5) is 0. The number of aliphatic hydroxyl groups excluding tert-OH is 1. The van der Waals surface area contributed by atoms with Gasteiger partial charge in [-0.2, -0.15) is 13.2 Å². The Morgan fingerprint density at radius 2 is 1.25 bits per heavy atom. The fraction of sp³-hybridized carbons (Fsp3) is 0. The van der Waals surface area contributed by atoms with Crippen molar-refractivity contribution in [2.24, 2.45) is 0 Å². The smallest absolute Gasteiger partial charge is 0.341 e. The Morgan fingerprint density at radius 3 is 1.25 bits per heavy atom. The fourth-order valence-corrected chi connectivity index (χ4v) is 0. The van der Waals surface area contributed by atoms with Crippen molar-refractivity contribution in [2.45, 2.75) is 0 Å². The van der Waals surface area contributed by atoms with Crippen molar-refractivity contribution < 1.29 is 18.3 Å². The van der Waals surface area contributed by atoms with Crippen molar-refractivity contribution in [3.63, 3.8) is 0 Å². The van der Waals surface area contributed by atoms with Crippen LogP contribution in [0.3, 0.4) is 0 Å². The van der Waals surface area contributed by atoms with E-state index >= 15 is 0 Å². The molecule has 0 aliphatic heterocycles. The number of rotatable bonds is 0. The van der Waals surface area contributed by atoms with E-state index in [9.17, 15) is 13.2 Å². The molecule has 0 aromatic heterocycles. The van der Waals surface area contributed by atoms with Crippen LogP contribution in [0.5, 0.6) is 0 Å². The Bertz CT molecular complexity index is 64.6. The van der Waals surface area contributed by atoms with Crippen LogP contribution in [-0.2, 0) is 0 Å². The Morgan fingerprint density at radius 1 is 1.12 bits per heavy atom. The molecule has 0 spiro atoms. The molecule has 0 aliphatic rings. The first kappa shape index (κ1) is 16.2. The number of aliphatic hydroxyl groups is 1. The molecule has 1 N–H and O–H groups in total. The van der Waals surface area contributed by atoms with Crippen LogP contribution in [0, 0.1) is 7.43 Å². The minimum atomic E-state index is -2.69. The van der Waals surface area contributed by atoms with Gasteiger partial charge >= 0.3 is 12.1 Å². The van der Waals surface area contributed by atoms with Crippen molar-refractivity contribution in [3.8, 4) is 0 Å². The molecule has 5 heteroatoms. The Kier molecular flexibility index (Phi) is 10.8. The van der Waals surface area contributed by atoms with Crippen molar-refractivity contribution >= 4 is 0 Å². The fourth-order valence-electron chi connectivity index (χ4n) is 0. The van der Waals surface area contributed by atoms with E-state index < -0.39 is 12.1 Å². The van der Waals surface area contributed by atoms with E-state index in [-0.39, 0.29) is 7.43 Å². The van der Waals surface area contributed by atoms with Crippen LogP contribution in [-0.4, -0.2) is 5.11 Å². The van der Waals surface area contributed by atoms with Gasteiger partial charge in [-0.15, -0.1) is 0 Å². The van der Waals surface area contributed by atoms with E-state index in [1.807, 2.05) is 0 Å². The summed E-state index contributed by atoms with van der Waals surface area (Å²) in [6.45, 7) is 0. The van der Waals surface area contributed by atoms with Gasteiger partial charge in [0, 0.05) is 0 Å². The van der Waals surface area contributed by atoms with E-state index in [1.165, 1.54) is 0 Å². The maximum Gasteiger partial charge on any atom is 0.341 e. The van der Waals surface area contributed by atoms with Crippen LogP contribution in [0.1, 0.15) is 0 Å². The topological polar surface area (TPSA) is 20.2 Å². The molecule has 0 atom stereocenters. The van der Waals surface area contributed by atoms with Crippen LogP contribution in [0.25, 0.3) is 0 Å². The van der Waals surface area contributed by atoms with E-state index in [0.717, 1.165) is 0 Å². The minimum Gasteiger partial charge on any atom is -0.483 e. The van der Waals surface area contributed by atoms with Crippen LogP contribution in [0.4, 0.5) is 13.2 Å². The van der Waals surface area contributed by atoms with Crippen LogP contribution in [0.15, 0.2) is 12.1 Å². The third-order valence-corrected chi connectivity index (χ3v) is 0.156. The molecule has 8 heavy (non-hydrogen) atoms. The molecular weight excluding hydrogens is 376 g/mol. The normalized spacial score (nSPS) is 5.88. The molecule has 0 amide bonds. The zero-order valence-corrected chi connectivity index (χ0v) is 10.7. The van der Waals surface area contributed by atoms with Gasteiger partial charge in [-0.25, -0.2) is 0 Å². The number of hydrogen-bond donors (Lipinski definition) is 1. The molecule has 0 aromatic carbocycles. The SMILES string of the molecule is OC(F)=C(F)F.[CH3-].[Rf]. The summed E-state index contributed by atoms with van der Waals surface area (Å²) in [7, 11) is 0. The first-order valence-corrected chi connectivity index (χ1v) is 1.04. The summed E-state index contributed by atoms with van der Waals surface area (Å²) in [5.41, 5.74) is 0. The maximum absolute atomic E-state index is 10.5. The third-order valence-electron chi connectivity index (χ3n) is 0.156. The molecule has 0 heterocycles. The second-order valence-corrected chi connectivity index (χ2v) is 0.551. The largest absolute Gasteiger partial charge is 0.483 e. The Hall–Kier alpha value is -1.67. The molecule has 0 saturated heterocycles. The molecule has 0 saturated carbocycles. The number of halogens is 3. The number of hydrogen-bond acceptors (Lipinski definition) is 1. The zero-order valence-electron chi connectivity index (χ0n) is 4.29. The summed E-state index contributed by atoms with van der Waals surface area (Å²) < 4.78 is 31.3. The molecule has 0 bridgehead atoms. The van der Waals surface area contributed by atoms with E-state index in [0.29, 0.717) is 0 Å². The van der Waals surface area contributed by atoms with Gasteiger partial charge in [-0.05, 0) is 0 Å². The molecule has 1 nitrogen and oxygen atoms in total. The first-order valence-electron chi connectivity index (χ1n) is 1.04. The van der Waals surface area contributed by atoms with Crippen molar-refractivity contribution in [1.29, 1.82) is 0 Å². The molecule has 0 aromatic rings. The minimum absolute atomic E-state index is 0. The zero-order chi connectivity index (χ0) is 5.15. The standard InChI is InChI=1S/C2HF3O.CH3.Rf/c3-1(4)2(5)6;;/h6H;1H3;/q;-1;. The molecule has 46 valence electrons. The average Bonchev–Trinajstić information content (AvgIpc) is 1.36. The second-order valence-electron chi connectivity index (χ2n) is 0.551. The van der Waals surface area contributed by atoms with Crippen LogP contribution < -0.4 is 0 Å². The van der Waals surface area contributed by atoms with E-state index in [4.69, 9.17) is 5.11 Å². The summed E-state index contributed by atoms with van der Waals surface area (Å²) in [5.74, 6) is 0. The predicted octanol–water partition coefficient (Wildman–Crippen LogP) is 2.03.